The van der Waals surface area contributed by atoms with Crippen molar-refractivity contribution in [2.75, 3.05) is 0 Å². The Kier molecular flexibility index (Phi) is 3.06. The van der Waals surface area contributed by atoms with Gasteiger partial charge < -0.3 is 10.2 Å². The number of furan rings is 1. The standard InChI is InChI=1S/C13H14FNO/c1-9-7-10(4-5-12(9)14)13(15)8-11-3-2-6-16-11/h2-7,13H,8,15H2,1H3. The lowest BCUT2D eigenvalue weighted by atomic mass is 10.0. The molecule has 0 radical (unpaired) electrons. The monoisotopic (exact) mass is 219 g/mol. The molecule has 1 unspecified atom stereocenters. The summed E-state index contributed by atoms with van der Waals surface area (Å²) in [4.78, 5) is 0. The third kappa shape index (κ3) is 2.31. The molecule has 0 aliphatic carbocycles. The molecule has 1 aromatic carbocycles. The van der Waals surface area contributed by atoms with Gasteiger partial charge in [-0.3, -0.25) is 0 Å². The molecule has 1 atom stereocenters. The molecule has 2 aromatic rings. The average molecular weight is 219 g/mol. The molecule has 0 aliphatic heterocycles. The maximum Gasteiger partial charge on any atom is 0.126 e. The molecule has 0 aliphatic rings. The van der Waals surface area contributed by atoms with Gasteiger partial charge in [0.25, 0.3) is 0 Å². The number of hydrogen-bond donors (Lipinski definition) is 1. The zero-order valence-electron chi connectivity index (χ0n) is 9.11. The average Bonchev–Trinajstić information content (AvgIpc) is 2.74. The first-order valence-corrected chi connectivity index (χ1v) is 5.21. The lowest BCUT2D eigenvalue weighted by Crippen LogP contribution is -2.13. The minimum absolute atomic E-state index is 0.162. The molecule has 1 aromatic heterocycles. The van der Waals surface area contributed by atoms with Crippen LogP contribution in [0.15, 0.2) is 41.0 Å². The molecule has 16 heavy (non-hydrogen) atoms. The van der Waals surface area contributed by atoms with Gasteiger partial charge in [0.15, 0.2) is 0 Å². The Hall–Kier alpha value is -1.61. The third-order valence-electron chi connectivity index (χ3n) is 2.61. The molecule has 2 nitrogen and oxygen atoms in total. The van der Waals surface area contributed by atoms with Crippen molar-refractivity contribution >= 4 is 0 Å². The minimum Gasteiger partial charge on any atom is -0.469 e. The summed E-state index contributed by atoms with van der Waals surface area (Å²) in [6, 6.07) is 8.50. The van der Waals surface area contributed by atoms with Crippen LogP contribution in [0.5, 0.6) is 0 Å². The topological polar surface area (TPSA) is 39.2 Å². The molecule has 0 amide bonds. The molecule has 0 fully saturated rings. The van der Waals surface area contributed by atoms with E-state index >= 15 is 0 Å². The van der Waals surface area contributed by atoms with Crippen LogP contribution in [-0.2, 0) is 6.42 Å². The van der Waals surface area contributed by atoms with E-state index in [1.165, 1.54) is 6.07 Å². The molecule has 0 spiro atoms. The van der Waals surface area contributed by atoms with Crippen LogP contribution < -0.4 is 5.73 Å². The van der Waals surface area contributed by atoms with E-state index in [1.54, 1.807) is 25.3 Å². The van der Waals surface area contributed by atoms with E-state index in [0.717, 1.165) is 11.3 Å². The van der Waals surface area contributed by atoms with Crippen LogP contribution in [0.2, 0.25) is 0 Å². The summed E-state index contributed by atoms with van der Waals surface area (Å²) in [5, 5.41) is 0. The predicted octanol–water partition coefficient (Wildman–Crippen LogP) is 2.97. The SMILES string of the molecule is Cc1cc(C(N)Cc2ccco2)ccc1F. The molecular formula is C13H14FNO. The highest BCUT2D eigenvalue weighted by atomic mass is 19.1. The van der Waals surface area contributed by atoms with E-state index in [1.807, 2.05) is 12.1 Å². The van der Waals surface area contributed by atoms with Crippen LogP contribution in [0, 0.1) is 12.7 Å². The maximum atomic E-state index is 13.1. The zero-order valence-corrected chi connectivity index (χ0v) is 9.11. The highest BCUT2D eigenvalue weighted by Crippen LogP contribution is 2.18. The predicted molar refractivity (Wildman–Crippen MR) is 60.5 cm³/mol. The number of rotatable bonds is 3. The minimum atomic E-state index is -0.200. The van der Waals surface area contributed by atoms with Crippen molar-refractivity contribution in [3.05, 3.63) is 59.3 Å². The normalized spacial score (nSPS) is 12.7. The van der Waals surface area contributed by atoms with Gasteiger partial charge in [0.1, 0.15) is 11.6 Å². The Morgan fingerprint density at radius 2 is 2.19 bits per heavy atom. The lowest BCUT2D eigenvalue weighted by Gasteiger charge is -2.11. The molecule has 0 saturated heterocycles. The van der Waals surface area contributed by atoms with E-state index in [0.29, 0.717) is 12.0 Å². The summed E-state index contributed by atoms with van der Waals surface area (Å²) in [5.41, 5.74) is 7.57. The molecule has 3 heteroatoms. The fourth-order valence-electron chi connectivity index (χ4n) is 1.66. The van der Waals surface area contributed by atoms with Crippen LogP contribution in [0.25, 0.3) is 0 Å². The Morgan fingerprint density at radius 3 is 2.81 bits per heavy atom. The quantitative estimate of drug-likeness (QED) is 0.861. The van der Waals surface area contributed by atoms with Crippen LogP contribution in [0.4, 0.5) is 4.39 Å². The van der Waals surface area contributed by atoms with E-state index in [-0.39, 0.29) is 11.9 Å². The Balaban J connectivity index is 2.14. The number of nitrogens with two attached hydrogens (primary N) is 1. The summed E-state index contributed by atoms with van der Waals surface area (Å²) in [5.74, 6) is 0.642. The summed E-state index contributed by atoms with van der Waals surface area (Å²) in [6.45, 7) is 1.73. The number of halogens is 1. The van der Waals surface area contributed by atoms with Crippen LogP contribution in [0.3, 0.4) is 0 Å². The van der Waals surface area contributed by atoms with E-state index in [4.69, 9.17) is 10.2 Å². The maximum absolute atomic E-state index is 13.1. The second kappa shape index (κ2) is 4.49. The number of hydrogen-bond acceptors (Lipinski definition) is 2. The third-order valence-corrected chi connectivity index (χ3v) is 2.61. The summed E-state index contributed by atoms with van der Waals surface area (Å²) in [7, 11) is 0. The highest BCUT2D eigenvalue weighted by molar-refractivity contribution is 5.27. The first kappa shape index (κ1) is 10.9. The Morgan fingerprint density at radius 1 is 1.38 bits per heavy atom. The van der Waals surface area contributed by atoms with Gasteiger partial charge in [-0.15, -0.1) is 0 Å². The fourth-order valence-corrected chi connectivity index (χ4v) is 1.66. The van der Waals surface area contributed by atoms with Gasteiger partial charge in [0.05, 0.1) is 6.26 Å². The van der Waals surface area contributed by atoms with Crippen molar-refractivity contribution in [1.82, 2.24) is 0 Å². The summed E-state index contributed by atoms with van der Waals surface area (Å²) < 4.78 is 18.3. The zero-order chi connectivity index (χ0) is 11.5. The largest absolute Gasteiger partial charge is 0.469 e. The van der Waals surface area contributed by atoms with Gasteiger partial charge in [-0.25, -0.2) is 4.39 Å². The van der Waals surface area contributed by atoms with Gasteiger partial charge >= 0.3 is 0 Å². The van der Waals surface area contributed by atoms with Crippen molar-refractivity contribution in [2.45, 2.75) is 19.4 Å². The summed E-state index contributed by atoms with van der Waals surface area (Å²) >= 11 is 0. The van der Waals surface area contributed by atoms with Gasteiger partial charge in [0.2, 0.25) is 0 Å². The molecule has 0 bridgehead atoms. The van der Waals surface area contributed by atoms with Crippen molar-refractivity contribution in [3.63, 3.8) is 0 Å². The van der Waals surface area contributed by atoms with Crippen LogP contribution in [-0.4, -0.2) is 0 Å². The van der Waals surface area contributed by atoms with E-state index < -0.39 is 0 Å². The van der Waals surface area contributed by atoms with Gasteiger partial charge in [-0.1, -0.05) is 12.1 Å². The molecule has 1 heterocycles. The smallest absolute Gasteiger partial charge is 0.126 e. The van der Waals surface area contributed by atoms with Gasteiger partial charge in [-0.2, -0.15) is 0 Å². The van der Waals surface area contributed by atoms with Crippen molar-refractivity contribution in [2.24, 2.45) is 5.73 Å². The summed E-state index contributed by atoms with van der Waals surface area (Å²) in [6.07, 6.45) is 2.25. The Bertz CT molecular complexity index is 465. The molecule has 0 saturated carbocycles. The van der Waals surface area contributed by atoms with Gasteiger partial charge in [-0.05, 0) is 36.2 Å². The first-order valence-electron chi connectivity index (χ1n) is 5.21. The second-order valence-corrected chi connectivity index (χ2v) is 3.90. The molecule has 2 rings (SSSR count). The Labute approximate surface area is 93.9 Å². The van der Waals surface area contributed by atoms with Crippen molar-refractivity contribution < 1.29 is 8.81 Å². The molecule has 84 valence electrons. The van der Waals surface area contributed by atoms with Crippen molar-refractivity contribution in [1.29, 1.82) is 0 Å². The second-order valence-electron chi connectivity index (χ2n) is 3.90. The van der Waals surface area contributed by atoms with E-state index in [2.05, 4.69) is 0 Å². The van der Waals surface area contributed by atoms with Crippen LogP contribution in [0.1, 0.15) is 22.9 Å². The fraction of sp³-hybridized carbons (Fsp3) is 0.231. The number of aryl methyl sites for hydroxylation is 1. The van der Waals surface area contributed by atoms with Crippen LogP contribution >= 0.6 is 0 Å². The molecular weight excluding hydrogens is 205 g/mol. The van der Waals surface area contributed by atoms with E-state index in [9.17, 15) is 4.39 Å². The lowest BCUT2D eigenvalue weighted by molar-refractivity contribution is 0.488. The van der Waals surface area contributed by atoms with Gasteiger partial charge in [0, 0.05) is 12.5 Å². The molecule has 2 N–H and O–H groups in total. The first-order chi connectivity index (χ1) is 7.66. The number of benzene rings is 1. The highest BCUT2D eigenvalue weighted by Gasteiger charge is 2.10. The van der Waals surface area contributed by atoms with Crippen molar-refractivity contribution in [3.8, 4) is 0 Å².